The summed E-state index contributed by atoms with van der Waals surface area (Å²) in [7, 11) is 3.18. The second-order valence-corrected chi connectivity index (χ2v) is 8.06. The van der Waals surface area contributed by atoms with Gasteiger partial charge in [-0.25, -0.2) is 4.98 Å². The van der Waals surface area contributed by atoms with Crippen LogP contribution in [0.25, 0.3) is 16.8 Å². The molecule has 2 N–H and O–H groups in total. The lowest BCUT2D eigenvalue weighted by atomic mass is 10.1. The molecule has 2 aromatic carbocycles. The topological polar surface area (TPSA) is 78.7 Å². The molecule has 154 valence electrons. The summed E-state index contributed by atoms with van der Waals surface area (Å²) in [6, 6.07) is 13.1. The van der Waals surface area contributed by atoms with Crippen molar-refractivity contribution in [3.8, 4) is 22.8 Å². The normalized spacial score (nSPS) is 13.8. The highest BCUT2D eigenvalue weighted by Gasteiger charge is 2.30. The molecule has 0 bridgehead atoms. The van der Waals surface area contributed by atoms with Crippen LogP contribution in [-0.4, -0.2) is 41.6 Å². The molecule has 0 unspecified atom stereocenters. The number of benzene rings is 2. The number of hydrogen-bond acceptors (Lipinski definition) is 6. The molecule has 6 nitrogen and oxygen atoms in total. The summed E-state index contributed by atoms with van der Waals surface area (Å²) in [6.07, 6.45) is 0. The number of ether oxygens (including phenoxy) is 2. The molecule has 1 aromatic heterocycles. The van der Waals surface area contributed by atoms with E-state index in [1.54, 1.807) is 14.2 Å². The van der Waals surface area contributed by atoms with E-state index in [0.29, 0.717) is 33.6 Å². The van der Waals surface area contributed by atoms with Crippen molar-refractivity contribution in [2.75, 3.05) is 20.8 Å². The molecule has 0 saturated carbocycles. The molecule has 8 heteroatoms. The Hall–Kier alpha value is -3.03. The van der Waals surface area contributed by atoms with Gasteiger partial charge in [-0.1, -0.05) is 23.7 Å². The van der Waals surface area contributed by atoms with Crippen molar-refractivity contribution < 1.29 is 14.6 Å². The number of amidine groups is 1. The van der Waals surface area contributed by atoms with Crippen LogP contribution in [0.3, 0.4) is 0 Å². The van der Waals surface area contributed by atoms with E-state index in [0.717, 1.165) is 16.8 Å². The third kappa shape index (κ3) is 3.86. The van der Waals surface area contributed by atoms with Crippen LogP contribution in [-0.2, 0) is 6.54 Å². The molecule has 0 amide bonds. The number of nitrogens with one attached hydrogen (secondary N) is 1. The molecule has 1 aliphatic heterocycles. The zero-order valence-corrected chi connectivity index (χ0v) is 18.0. The molecule has 0 saturated heterocycles. The SMILES string of the molecule is COc1ccc(-c2csc(C3=C(O)CN(Cc4ccc(Cl)cc4)C3=N)n2)cc1OC. The van der Waals surface area contributed by atoms with Gasteiger partial charge in [0, 0.05) is 22.5 Å². The highest BCUT2D eigenvalue weighted by molar-refractivity contribution is 7.11. The van der Waals surface area contributed by atoms with E-state index < -0.39 is 0 Å². The maximum atomic E-state index is 10.5. The summed E-state index contributed by atoms with van der Waals surface area (Å²) in [4.78, 5) is 6.48. The van der Waals surface area contributed by atoms with E-state index in [-0.39, 0.29) is 18.1 Å². The summed E-state index contributed by atoms with van der Waals surface area (Å²) in [5.74, 6) is 1.68. The molecule has 1 aliphatic rings. The van der Waals surface area contributed by atoms with Crippen LogP contribution in [0.2, 0.25) is 5.02 Å². The average molecular weight is 442 g/mol. The number of nitrogens with zero attached hydrogens (tertiary/aromatic N) is 2. The Morgan fingerprint density at radius 2 is 1.87 bits per heavy atom. The highest BCUT2D eigenvalue weighted by atomic mass is 35.5. The minimum absolute atomic E-state index is 0.155. The van der Waals surface area contributed by atoms with E-state index in [1.165, 1.54) is 11.3 Å². The molecule has 2 heterocycles. The van der Waals surface area contributed by atoms with Crippen molar-refractivity contribution in [3.63, 3.8) is 0 Å². The molecule has 4 rings (SSSR count). The van der Waals surface area contributed by atoms with Crippen LogP contribution in [0.5, 0.6) is 11.5 Å². The number of hydrogen-bond donors (Lipinski definition) is 2. The van der Waals surface area contributed by atoms with Gasteiger partial charge in [-0.3, -0.25) is 5.41 Å². The molecule has 0 aliphatic carbocycles. The second-order valence-electron chi connectivity index (χ2n) is 6.76. The summed E-state index contributed by atoms with van der Waals surface area (Å²) >= 11 is 7.34. The summed E-state index contributed by atoms with van der Waals surface area (Å²) in [5, 5.41) is 22.3. The van der Waals surface area contributed by atoms with Crippen molar-refractivity contribution in [3.05, 3.63) is 69.2 Å². The van der Waals surface area contributed by atoms with Gasteiger partial charge < -0.3 is 19.5 Å². The van der Waals surface area contributed by atoms with Gasteiger partial charge >= 0.3 is 0 Å². The number of thiazole rings is 1. The maximum absolute atomic E-state index is 10.5. The molecule has 30 heavy (non-hydrogen) atoms. The third-order valence-corrected chi connectivity index (χ3v) is 5.98. The van der Waals surface area contributed by atoms with Crippen molar-refractivity contribution >= 4 is 34.3 Å². The van der Waals surface area contributed by atoms with Gasteiger partial charge in [0.05, 0.1) is 32.0 Å². The van der Waals surface area contributed by atoms with Crippen LogP contribution in [0.15, 0.2) is 53.6 Å². The Kier molecular flexibility index (Phi) is 5.65. The van der Waals surface area contributed by atoms with Crippen LogP contribution >= 0.6 is 22.9 Å². The fraction of sp³-hybridized carbons (Fsp3) is 0.182. The minimum Gasteiger partial charge on any atom is -0.510 e. The van der Waals surface area contributed by atoms with Crippen molar-refractivity contribution in [2.24, 2.45) is 0 Å². The van der Waals surface area contributed by atoms with Crippen LogP contribution < -0.4 is 9.47 Å². The van der Waals surface area contributed by atoms with Crippen molar-refractivity contribution in [1.29, 1.82) is 5.41 Å². The van der Waals surface area contributed by atoms with Gasteiger partial charge in [-0.2, -0.15) is 0 Å². The monoisotopic (exact) mass is 441 g/mol. The third-order valence-electron chi connectivity index (χ3n) is 4.87. The zero-order valence-electron chi connectivity index (χ0n) is 16.5. The Morgan fingerprint density at radius 3 is 2.57 bits per heavy atom. The van der Waals surface area contributed by atoms with E-state index >= 15 is 0 Å². The van der Waals surface area contributed by atoms with E-state index in [1.807, 2.05) is 52.7 Å². The lowest BCUT2D eigenvalue weighted by molar-refractivity contribution is 0.347. The first kappa shape index (κ1) is 20.3. The molecular weight excluding hydrogens is 422 g/mol. The lowest BCUT2D eigenvalue weighted by Gasteiger charge is -2.18. The number of rotatable bonds is 6. The molecule has 3 aromatic rings. The Morgan fingerprint density at radius 1 is 1.13 bits per heavy atom. The summed E-state index contributed by atoms with van der Waals surface area (Å²) in [5.41, 5.74) is 3.11. The molecule has 0 radical (unpaired) electrons. The fourth-order valence-corrected chi connectivity index (χ4v) is 4.34. The fourth-order valence-electron chi connectivity index (χ4n) is 3.32. The maximum Gasteiger partial charge on any atom is 0.161 e. The van der Waals surface area contributed by atoms with Crippen LogP contribution in [0.1, 0.15) is 10.6 Å². The largest absolute Gasteiger partial charge is 0.510 e. The molecule has 0 fully saturated rings. The molecule has 0 atom stereocenters. The number of aliphatic hydroxyl groups is 1. The Bertz CT molecular complexity index is 1120. The predicted molar refractivity (Wildman–Crippen MR) is 120 cm³/mol. The van der Waals surface area contributed by atoms with E-state index in [4.69, 9.17) is 26.5 Å². The van der Waals surface area contributed by atoms with Gasteiger partial charge in [-0.15, -0.1) is 11.3 Å². The van der Waals surface area contributed by atoms with Gasteiger partial charge in [-0.05, 0) is 35.9 Å². The standard InChI is InChI=1S/C22H20ClN3O3S/c1-28-18-8-5-14(9-19(18)29-2)16-12-30-22(25-16)20-17(27)11-26(21(20)24)10-13-3-6-15(23)7-4-13/h3-9,12,24,27H,10-11H2,1-2H3. The number of aliphatic hydroxyl groups excluding tert-OH is 1. The van der Waals surface area contributed by atoms with Gasteiger partial charge in [0.25, 0.3) is 0 Å². The van der Waals surface area contributed by atoms with Gasteiger partial charge in [0.1, 0.15) is 16.6 Å². The smallest absolute Gasteiger partial charge is 0.161 e. The van der Waals surface area contributed by atoms with Gasteiger partial charge in [0.15, 0.2) is 11.5 Å². The van der Waals surface area contributed by atoms with Crippen molar-refractivity contribution in [1.82, 2.24) is 9.88 Å². The average Bonchev–Trinajstić information content (AvgIpc) is 3.33. The predicted octanol–water partition coefficient (Wildman–Crippen LogP) is 5.24. The number of aromatic nitrogens is 1. The highest BCUT2D eigenvalue weighted by Crippen LogP contribution is 2.36. The minimum atomic E-state index is 0.155. The first-order chi connectivity index (χ1) is 14.5. The first-order valence-electron chi connectivity index (χ1n) is 9.19. The zero-order chi connectivity index (χ0) is 21.3. The summed E-state index contributed by atoms with van der Waals surface area (Å²) in [6.45, 7) is 0.791. The second kappa shape index (κ2) is 8.38. The lowest BCUT2D eigenvalue weighted by Crippen LogP contribution is -2.25. The summed E-state index contributed by atoms with van der Waals surface area (Å²) < 4.78 is 10.7. The first-order valence-corrected chi connectivity index (χ1v) is 10.4. The number of halogens is 1. The van der Waals surface area contributed by atoms with Crippen LogP contribution in [0.4, 0.5) is 0 Å². The Labute approximate surface area is 183 Å². The number of methoxy groups -OCH3 is 2. The van der Waals surface area contributed by atoms with Crippen LogP contribution in [0, 0.1) is 5.41 Å². The van der Waals surface area contributed by atoms with Gasteiger partial charge in [0.2, 0.25) is 0 Å². The molecule has 0 spiro atoms. The van der Waals surface area contributed by atoms with E-state index in [9.17, 15) is 5.11 Å². The van der Waals surface area contributed by atoms with Crippen molar-refractivity contribution in [2.45, 2.75) is 6.54 Å². The Balaban J connectivity index is 1.56. The van der Waals surface area contributed by atoms with E-state index in [2.05, 4.69) is 4.98 Å². The molecular formula is C22H20ClN3O3S. The quantitative estimate of drug-likeness (QED) is 0.546.